The number of rotatable bonds is 21. The molecule has 56 heteroatoms. The van der Waals surface area contributed by atoms with E-state index in [4.69, 9.17) is 133 Å². The minimum Gasteiger partial charge on any atom is -0.479 e. The predicted octanol–water partition coefficient (Wildman–Crippen LogP) is -6.59. The molecule has 0 amide bonds. The quantitative estimate of drug-likeness (QED) is 0.0415. The van der Waals surface area contributed by atoms with E-state index in [0.29, 0.717) is 96.9 Å². The summed E-state index contributed by atoms with van der Waals surface area (Å²) in [5, 5.41) is 78.3. The van der Waals surface area contributed by atoms with E-state index in [1.807, 2.05) is 0 Å². The van der Waals surface area contributed by atoms with E-state index in [-0.39, 0.29) is 0 Å². The summed E-state index contributed by atoms with van der Waals surface area (Å²) in [6.45, 7) is 8.47. The van der Waals surface area contributed by atoms with Crippen LogP contribution in [0.2, 0.25) is 0 Å². The average molecular weight is 1820 g/mol. The Morgan fingerprint density at radius 1 is 0.143 bits per heavy atom. The maximum Gasteiger partial charge on any atom is 0.335 e. The zero-order chi connectivity index (χ0) is 94.1. The molecule has 0 radical (unpaired) electrons. The van der Waals surface area contributed by atoms with E-state index < -0.39 is 340 Å². The lowest BCUT2D eigenvalue weighted by atomic mass is 9.94. The highest BCUT2D eigenvalue weighted by atomic mass is 16.8. The van der Waals surface area contributed by atoms with E-state index in [0.717, 1.165) is 0 Å². The Hall–Kier alpha value is -11.7. The SMILES string of the molecule is CC(=O)OC1C2OC(C(=O)O)C(OC3OC(C(=O)O)C(OC4OC(C(=O)O)C(OC5OC(C(=O)O)C(OC6OC(C(=O)O)C(OC7OC(C(=O)O)C(OC8OC(C(=O)O)C(O2)C(OC(C)=O)C8OC(C)=O)C(OC(C)=O)C7OC(C)=O)C(OC(C)=O)C6OC(C)=O)C(OC(C)=O)C5OC(C)=O)C(OC(C)=O)C4OC(C)=O)C(OC(C)=O)C3OC(C)=O)C1OC(C)=O. The third-order valence-corrected chi connectivity index (χ3v) is 18.4. The lowest BCUT2D eigenvalue weighted by molar-refractivity contribution is -0.387. The van der Waals surface area contributed by atoms with Gasteiger partial charge in [0.25, 0.3) is 0 Å². The third kappa shape index (κ3) is 24.1. The summed E-state index contributed by atoms with van der Waals surface area (Å²) in [5.41, 5.74) is 0. The summed E-state index contributed by atoms with van der Waals surface area (Å²) in [4.78, 5) is 286. The fourth-order valence-corrected chi connectivity index (χ4v) is 14.5. The van der Waals surface area contributed by atoms with Crippen LogP contribution in [0.15, 0.2) is 0 Å². The second kappa shape index (κ2) is 42.1. The first-order valence-corrected chi connectivity index (χ1v) is 37.0. The molecule has 56 nitrogen and oxygen atoms in total. The Labute approximate surface area is 704 Å². The molecule has 126 heavy (non-hydrogen) atoms. The molecule has 21 fully saturated rings. The van der Waals surface area contributed by atoms with E-state index >= 15 is 0 Å². The summed E-state index contributed by atoms with van der Waals surface area (Å²) < 4.78 is 161. The molecule has 35 atom stereocenters. The Morgan fingerprint density at radius 2 is 0.222 bits per heavy atom. The van der Waals surface area contributed by atoms with Crippen molar-refractivity contribution in [1.29, 1.82) is 0 Å². The van der Waals surface area contributed by atoms with Crippen molar-refractivity contribution in [3.05, 3.63) is 0 Å². The van der Waals surface area contributed by atoms with Crippen molar-refractivity contribution in [2.24, 2.45) is 0 Å². The molecule has 21 rings (SSSR count). The molecule has 0 aromatic rings. The highest BCUT2D eigenvalue weighted by Gasteiger charge is 2.68. The maximum atomic E-state index is 13.9. The molecule has 21 aliphatic heterocycles. The summed E-state index contributed by atoms with van der Waals surface area (Å²) in [6.07, 6.45) is -99.1. The number of aliphatic carboxylic acids is 7. The molecular weight excluding hydrogens is 1740 g/mol. The van der Waals surface area contributed by atoms with Gasteiger partial charge in [-0.25, -0.2) is 33.6 Å². The summed E-state index contributed by atoms with van der Waals surface area (Å²) >= 11 is 0. The van der Waals surface area contributed by atoms with E-state index in [1.54, 1.807) is 0 Å². The van der Waals surface area contributed by atoms with Gasteiger partial charge in [0.05, 0.1) is 0 Å². The number of carboxylic acids is 7. The molecular formula is C70H84O56. The number of carboxylic acid groups (broad SMARTS) is 7. The molecule has 0 aromatic heterocycles. The molecule has 0 aliphatic carbocycles. The zero-order valence-corrected chi connectivity index (χ0v) is 67.8. The standard InChI is InChI=1S/C70H84O56/c1-15(71)99-36-29-43(57(85)86)120-64(50(36)106-22(8)78)114-30-37(100-16(2)72)52(108-24(10)80)66(122-44(30)58(87)88)116-32-39(102-18(4)74)54(110-26(12)82)68(124-46(32)60(91)92)118-34-41(104-20(6)76)56(112-28(14)84)70(126-48(34)62(95)96)119-35-42(105-21(7)77)55(111-27(13)83)69(125-49(35)63(97)98)117-33-40(103-19(5)75)53(109-25(11)81)67(123-47(33)61(93)94)115-31-38(101-17(3)73)51(107-23(9)79)65(113-29)121-45(31)59(89)90/h29-56,64-70H,1-14H3,(H,85,86)(H,87,88)(H,89,90)(H,91,92)(H,93,94)(H,95,96)(H,97,98). The van der Waals surface area contributed by atoms with Crippen LogP contribution in [0.1, 0.15) is 96.9 Å². The van der Waals surface area contributed by atoms with Gasteiger partial charge in [0.2, 0.25) is 0 Å². The molecule has 0 spiro atoms. The first kappa shape index (κ1) is 99.7. The van der Waals surface area contributed by atoms with E-state index in [1.165, 1.54) is 0 Å². The predicted molar refractivity (Wildman–Crippen MR) is 366 cm³/mol. The van der Waals surface area contributed by atoms with E-state index in [2.05, 4.69) is 0 Å². The number of hydrogen-bond acceptors (Lipinski definition) is 49. The second-order valence-corrected chi connectivity index (χ2v) is 28.1. The Morgan fingerprint density at radius 3 is 0.294 bits per heavy atom. The van der Waals surface area contributed by atoms with Gasteiger partial charge in [-0.05, 0) is 0 Å². The summed E-state index contributed by atoms with van der Waals surface area (Å²) in [7, 11) is 0. The van der Waals surface area contributed by atoms with Crippen LogP contribution < -0.4 is 0 Å². The van der Waals surface area contributed by atoms with Crippen molar-refractivity contribution in [3.8, 4) is 0 Å². The van der Waals surface area contributed by atoms with E-state index in [9.17, 15) is 136 Å². The zero-order valence-electron chi connectivity index (χ0n) is 67.8. The van der Waals surface area contributed by atoms with Gasteiger partial charge in [-0.1, -0.05) is 0 Å². The van der Waals surface area contributed by atoms with Crippen molar-refractivity contribution < 1.29 is 269 Å². The van der Waals surface area contributed by atoms with Crippen LogP contribution >= 0.6 is 0 Å². The van der Waals surface area contributed by atoms with Crippen LogP contribution in [-0.4, -0.2) is 376 Å². The topological polar surface area (TPSA) is 759 Å². The molecule has 7 N–H and O–H groups in total. The Bertz CT molecular complexity index is 3470. The highest BCUT2D eigenvalue weighted by Crippen LogP contribution is 2.45. The van der Waals surface area contributed by atoms with Gasteiger partial charge in [0, 0.05) is 96.9 Å². The van der Waals surface area contributed by atoms with Gasteiger partial charge in [0.15, 0.2) is 172 Å². The van der Waals surface area contributed by atoms with Crippen molar-refractivity contribution in [2.45, 2.75) is 312 Å². The lowest BCUT2D eigenvalue weighted by Gasteiger charge is -2.50. The largest absolute Gasteiger partial charge is 0.479 e. The van der Waals surface area contributed by atoms with Crippen LogP contribution in [0.3, 0.4) is 0 Å². The fraction of sp³-hybridized carbons (Fsp3) is 0.700. The van der Waals surface area contributed by atoms with Crippen molar-refractivity contribution in [3.63, 3.8) is 0 Å². The molecule has 21 saturated heterocycles. The first-order chi connectivity index (χ1) is 58.8. The van der Waals surface area contributed by atoms with Gasteiger partial charge < -0.3 is 168 Å². The minimum atomic E-state index is -3.00. The number of esters is 14. The molecule has 35 unspecified atom stereocenters. The highest BCUT2D eigenvalue weighted by molar-refractivity contribution is 5.80. The summed E-state index contributed by atoms with van der Waals surface area (Å²) in [5.74, 6) is -37.7. The van der Waals surface area contributed by atoms with Gasteiger partial charge >= 0.3 is 125 Å². The normalized spacial score (nSPS) is 37.3. The van der Waals surface area contributed by atoms with Gasteiger partial charge in [-0.15, -0.1) is 0 Å². The van der Waals surface area contributed by atoms with Crippen molar-refractivity contribution in [2.75, 3.05) is 0 Å². The molecule has 21 heterocycles. The van der Waals surface area contributed by atoms with Crippen LogP contribution in [0, 0.1) is 0 Å². The summed E-state index contributed by atoms with van der Waals surface area (Å²) in [6, 6.07) is 0. The molecule has 21 aliphatic rings. The Kier molecular flexibility index (Phi) is 33.3. The van der Waals surface area contributed by atoms with Gasteiger partial charge in [0.1, 0.15) is 42.7 Å². The van der Waals surface area contributed by atoms with Gasteiger partial charge in [-0.3, -0.25) is 67.1 Å². The molecule has 700 valence electrons. The van der Waals surface area contributed by atoms with Crippen LogP contribution in [0.5, 0.6) is 0 Å². The second-order valence-electron chi connectivity index (χ2n) is 28.1. The molecule has 0 saturated carbocycles. The van der Waals surface area contributed by atoms with Crippen molar-refractivity contribution >= 4 is 125 Å². The molecule has 0 aromatic carbocycles. The van der Waals surface area contributed by atoms with Crippen LogP contribution in [-0.2, 0) is 233 Å². The molecule has 14 bridgehead atoms. The number of ether oxygens (including phenoxy) is 28. The fourth-order valence-electron chi connectivity index (χ4n) is 14.5. The van der Waals surface area contributed by atoms with Gasteiger partial charge in [-0.2, -0.15) is 0 Å². The first-order valence-electron chi connectivity index (χ1n) is 37.0. The lowest BCUT2D eigenvalue weighted by Crippen LogP contribution is -2.71. The van der Waals surface area contributed by atoms with Crippen LogP contribution in [0.4, 0.5) is 0 Å². The monoisotopic (exact) mass is 1820 g/mol. The number of hydrogen-bond donors (Lipinski definition) is 7. The maximum absolute atomic E-state index is 13.9. The smallest absolute Gasteiger partial charge is 0.335 e. The number of carbonyl (C=O) groups is 21. The van der Waals surface area contributed by atoms with Crippen molar-refractivity contribution in [1.82, 2.24) is 0 Å². The number of carbonyl (C=O) groups excluding carboxylic acids is 14. The third-order valence-electron chi connectivity index (χ3n) is 18.4. The van der Waals surface area contributed by atoms with Crippen LogP contribution in [0.25, 0.3) is 0 Å². The minimum absolute atomic E-state index is 0.600. The average Bonchev–Trinajstić information content (AvgIpc) is 0.758. The Balaban J connectivity index is 1.45.